The smallest absolute Gasteiger partial charge is 0.246 e. The summed E-state index contributed by atoms with van der Waals surface area (Å²) in [4.78, 5) is 18.4. The van der Waals surface area contributed by atoms with Gasteiger partial charge in [-0.05, 0) is 49.3 Å². The lowest BCUT2D eigenvalue weighted by Crippen LogP contribution is -2.19. The van der Waals surface area contributed by atoms with E-state index in [1.54, 1.807) is 11.7 Å². The van der Waals surface area contributed by atoms with Crippen LogP contribution in [-0.4, -0.2) is 32.8 Å². The molecule has 2 aromatic heterocycles. The number of carbonyl (C=O) groups is 1. The van der Waals surface area contributed by atoms with Gasteiger partial charge in [-0.1, -0.05) is 20.3 Å². The van der Waals surface area contributed by atoms with Gasteiger partial charge in [-0.25, -0.2) is 4.98 Å². The zero-order valence-corrected chi connectivity index (χ0v) is 17.7. The van der Waals surface area contributed by atoms with Crippen molar-refractivity contribution in [3.05, 3.63) is 39.6 Å². The summed E-state index contributed by atoms with van der Waals surface area (Å²) in [5, 5.41) is 10.6. The molecule has 0 saturated heterocycles. The van der Waals surface area contributed by atoms with Crippen LogP contribution in [0.5, 0.6) is 5.75 Å². The van der Waals surface area contributed by atoms with Crippen molar-refractivity contribution in [1.29, 1.82) is 0 Å². The monoisotopic (exact) mass is 417 g/mol. The third kappa shape index (κ3) is 4.48. The zero-order chi connectivity index (χ0) is 20.1. The van der Waals surface area contributed by atoms with Crippen LogP contribution in [0.1, 0.15) is 30.8 Å². The Morgan fingerprint density at radius 1 is 1.32 bits per heavy atom. The Balaban J connectivity index is 1.77. The number of ether oxygens (including phenoxy) is 1. The highest BCUT2D eigenvalue weighted by atomic mass is 32.1. The SMILES string of the molecule is CCCc1nc(NC(=O)Cn2c(-c3ccc(OC)cc3)n[nH]c2=S)sc1CC. The first kappa shape index (κ1) is 20.2. The van der Waals surface area contributed by atoms with Crippen molar-refractivity contribution in [2.24, 2.45) is 0 Å². The fraction of sp³-hybridized carbons (Fsp3) is 0.368. The summed E-state index contributed by atoms with van der Waals surface area (Å²) in [5.41, 5.74) is 1.91. The summed E-state index contributed by atoms with van der Waals surface area (Å²) in [6, 6.07) is 7.44. The van der Waals surface area contributed by atoms with Gasteiger partial charge in [0.1, 0.15) is 12.3 Å². The van der Waals surface area contributed by atoms with Gasteiger partial charge in [0, 0.05) is 10.4 Å². The second-order valence-corrected chi connectivity index (χ2v) is 7.68. The predicted molar refractivity (Wildman–Crippen MR) is 114 cm³/mol. The van der Waals surface area contributed by atoms with Gasteiger partial charge in [0.25, 0.3) is 0 Å². The van der Waals surface area contributed by atoms with E-state index >= 15 is 0 Å². The fourth-order valence-corrected chi connectivity index (χ4v) is 4.03. The minimum Gasteiger partial charge on any atom is -0.497 e. The van der Waals surface area contributed by atoms with Crippen molar-refractivity contribution in [1.82, 2.24) is 19.7 Å². The van der Waals surface area contributed by atoms with Gasteiger partial charge in [0.15, 0.2) is 15.7 Å². The second kappa shape index (κ2) is 9.11. The highest BCUT2D eigenvalue weighted by Gasteiger charge is 2.15. The molecule has 1 aromatic carbocycles. The summed E-state index contributed by atoms with van der Waals surface area (Å²) in [7, 11) is 1.61. The summed E-state index contributed by atoms with van der Waals surface area (Å²) in [6.45, 7) is 4.28. The van der Waals surface area contributed by atoms with E-state index in [0.29, 0.717) is 15.7 Å². The van der Waals surface area contributed by atoms with Gasteiger partial charge in [-0.15, -0.1) is 11.3 Å². The van der Waals surface area contributed by atoms with Crippen molar-refractivity contribution in [2.75, 3.05) is 12.4 Å². The molecule has 0 aliphatic carbocycles. The topological polar surface area (TPSA) is 84.8 Å². The molecule has 9 heteroatoms. The van der Waals surface area contributed by atoms with E-state index in [4.69, 9.17) is 17.0 Å². The van der Waals surface area contributed by atoms with Crippen LogP contribution in [0.3, 0.4) is 0 Å². The first-order valence-corrected chi connectivity index (χ1v) is 10.4. The molecule has 0 atom stereocenters. The molecule has 0 unspecified atom stereocenters. The van der Waals surface area contributed by atoms with E-state index < -0.39 is 0 Å². The highest BCUT2D eigenvalue weighted by Crippen LogP contribution is 2.25. The third-order valence-electron chi connectivity index (χ3n) is 4.24. The molecule has 3 aromatic rings. The van der Waals surface area contributed by atoms with Gasteiger partial charge in [-0.2, -0.15) is 5.10 Å². The lowest BCUT2D eigenvalue weighted by atomic mass is 10.2. The maximum Gasteiger partial charge on any atom is 0.246 e. The number of benzene rings is 1. The zero-order valence-electron chi connectivity index (χ0n) is 16.1. The quantitative estimate of drug-likeness (QED) is 0.536. The number of nitrogens with one attached hydrogen (secondary N) is 2. The van der Waals surface area contributed by atoms with Crippen molar-refractivity contribution < 1.29 is 9.53 Å². The van der Waals surface area contributed by atoms with E-state index in [0.717, 1.165) is 36.3 Å². The molecule has 148 valence electrons. The molecular weight excluding hydrogens is 394 g/mol. The number of amides is 1. The summed E-state index contributed by atoms with van der Waals surface area (Å²) in [5.74, 6) is 1.16. The third-order valence-corrected chi connectivity index (χ3v) is 5.71. The van der Waals surface area contributed by atoms with Gasteiger partial charge >= 0.3 is 0 Å². The Labute approximate surface area is 172 Å². The number of anilines is 1. The lowest BCUT2D eigenvalue weighted by molar-refractivity contribution is -0.116. The molecule has 7 nitrogen and oxygen atoms in total. The molecular formula is C19H23N5O2S2. The lowest BCUT2D eigenvalue weighted by Gasteiger charge is -2.07. The van der Waals surface area contributed by atoms with Crippen LogP contribution in [-0.2, 0) is 24.2 Å². The number of carbonyl (C=O) groups excluding carboxylic acids is 1. The van der Waals surface area contributed by atoms with Crippen molar-refractivity contribution in [3.63, 3.8) is 0 Å². The molecule has 0 bridgehead atoms. The minimum atomic E-state index is -0.188. The summed E-state index contributed by atoms with van der Waals surface area (Å²) in [6.07, 6.45) is 2.86. The highest BCUT2D eigenvalue weighted by molar-refractivity contribution is 7.71. The molecule has 0 saturated carbocycles. The molecule has 0 spiro atoms. The average Bonchev–Trinajstić information content (AvgIpc) is 3.25. The van der Waals surface area contributed by atoms with Crippen LogP contribution < -0.4 is 10.1 Å². The average molecular weight is 418 g/mol. The number of rotatable bonds is 8. The van der Waals surface area contributed by atoms with Gasteiger partial charge in [0.05, 0.1) is 12.8 Å². The number of nitrogens with zero attached hydrogens (tertiary/aromatic N) is 3. The molecule has 0 radical (unpaired) electrons. The predicted octanol–water partition coefficient (Wildman–Crippen LogP) is 4.23. The van der Waals surface area contributed by atoms with Crippen molar-refractivity contribution in [3.8, 4) is 17.1 Å². The van der Waals surface area contributed by atoms with E-state index in [1.807, 2.05) is 24.3 Å². The molecule has 3 rings (SSSR count). The largest absolute Gasteiger partial charge is 0.497 e. The van der Waals surface area contributed by atoms with E-state index in [2.05, 4.69) is 34.3 Å². The first-order chi connectivity index (χ1) is 13.5. The van der Waals surface area contributed by atoms with E-state index in [1.165, 1.54) is 16.2 Å². The van der Waals surface area contributed by atoms with Crippen LogP contribution in [0.15, 0.2) is 24.3 Å². The van der Waals surface area contributed by atoms with Crippen LogP contribution in [0.25, 0.3) is 11.4 Å². The summed E-state index contributed by atoms with van der Waals surface area (Å²) >= 11 is 6.84. The normalized spacial score (nSPS) is 10.8. The van der Waals surface area contributed by atoms with E-state index in [-0.39, 0.29) is 12.5 Å². The van der Waals surface area contributed by atoms with Gasteiger partial charge < -0.3 is 10.1 Å². The minimum absolute atomic E-state index is 0.0564. The number of aryl methyl sites for hydroxylation is 2. The number of H-pyrrole nitrogens is 1. The van der Waals surface area contributed by atoms with Gasteiger partial charge in [0.2, 0.25) is 5.91 Å². The van der Waals surface area contributed by atoms with Crippen LogP contribution in [0, 0.1) is 4.77 Å². The number of thiazole rings is 1. The number of aromatic nitrogens is 4. The number of hydrogen-bond acceptors (Lipinski definition) is 6. The van der Waals surface area contributed by atoms with Crippen LogP contribution >= 0.6 is 23.6 Å². The Bertz CT molecular complexity index is 1000. The second-order valence-electron chi connectivity index (χ2n) is 6.21. The Morgan fingerprint density at radius 2 is 2.07 bits per heavy atom. The number of aromatic amines is 1. The van der Waals surface area contributed by atoms with Gasteiger partial charge in [-0.3, -0.25) is 14.5 Å². The molecule has 1 amide bonds. The van der Waals surface area contributed by atoms with Crippen LogP contribution in [0.4, 0.5) is 5.13 Å². The maximum absolute atomic E-state index is 12.6. The van der Waals surface area contributed by atoms with Crippen molar-refractivity contribution in [2.45, 2.75) is 39.7 Å². The Kier molecular flexibility index (Phi) is 6.58. The van der Waals surface area contributed by atoms with Crippen LogP contribution in [0.2, 0.25) is 0 Å². The molecule has 28 heavy (non-hydrogen) atoms. The summed E-state index contributed by atoms with van der Waals surface area (Å²) < 4.78 is 7.25. The molecule has 0 fully saturated rings. The first-order valence-electron chi connectivity index (χ1n) is 9.13. The molecule has 0 aliphatic heterocycles. The fourth-order valence-electron chi connectivity index (χ4n) is 2.87. The molecule has 2 N–H and O–H groups in total. The number of hydrogen-bond donors (Lipinski definition) is 2. The Hall–Kier alpha value is -2.52. The molecule has 2 heterocycles. The maximum atomic E-state index is 12.6. The Morgan fingerprint density at radius 3 is 2.71 bits per heavy atom. The number of methoxy groups -OCH3 is 1. The standard InChI is InChI=1S/C19H23N5O2S2/c1-4-6-14-15(5-2)28-18(20-14)21-16(25)11-24-17(22-23-19(24)27)12-7-9-13(26-3)10-8-12/h7-10H,4-6,11H2,1-3H3,(H,23,27)(H,20,21,25). The molecule has 0 aliphatic rings. The van der Waals surface area contributed by atoms with Crippen molar-refractivity contribution >= 4 is 34.6 Å². The van der Waals surface area contributed by atoms with E-state index in [9.17, 15) is 4.79 Å².